The summed E-state index contributed by atoms with van der Waals surface area (Å²) < 4.78 is 0.849. The Bertz CT molecular complexity index is 582. The fourth-order valence-electron chi connectivity index (χ4n) is 1.54. The number of rotatable bonds is 2. The number of hydrogen-bond acceptors (Lipinski definition) is 3. The summed E-state index contributed by atoms with van der Waals surface area (Å²) in [6.07, 6.45) is 0. The molecular weight excluding hydrogens is 337 g/mol. The molecule has 0 aliphatic heterocycles. The van der Waals surface area contributed by atoms with E-state index in [1.807, 2.05) is 6.92 Å². The quantitative estimate of drug-likeness (QED) is 0.865. The Morgan fingerprint density at radius 2 is 1.72 bits per heavy atom. The summed E-state index contributed by atoms with van der Waals surface area (Å²) in [4.78, 5) is 8.84. The molecular formula is C12H10BrCl2N3. The molecule has 0 atom stereocenters. The molecule has 0 spiro atoms. The fraction of sp³-hybridized carbons (Fsp3) is 0.167. The van der Waals surface area contributed by atoms with Crippen molar-refractivity contribution in [2.45, 2.75) is 6.92 Å². The Kier molecular flexibility index (Phi) is 4.10. The van der Waals surface area contributed by atoms with E-state index in [-0.39, 0.29) is 0 Å². The molecule has 3 nitrogen and oxygen atoms in total. The highest BCUT2D eigenvalue weighted by atomic mass is 79.9. The van der Waals surface area contributed by atoms with E-state index in [0.717, 1.165) is 21.5 Å². The van der Waals surface area contributed by atoms with Crippen molar-refractivity contribution in [2.24, 2.45) is 0 Å². The van der Waals surface area contributed by atoms with Gasteiger partial charge < -0.3 is 5.32 Å². The van der Waals surface area contributed by atoms with Gasteiger partial charge in [0.15, 0.2) is 5.82 Å². The van der Waals surface area contributed by atoms with Crippen LogP contribution in [0.25, 0.3) is 11.4 Å². The molecule has 0 fully saturated rings. The molecule has 0 radical (unpaired) electrons. The maximum absolute atomic E-state index is 5.98. The van der Waals surface area contributed by atoms with Gasteiger partial charge in [-0.25, -0.2) is 9.97 Å². The third kappa shape index (κ3) is 2.76. The first kappa shape index (κ1) is 13.6. The summed E-state index contributed by atoms with van der Waals surface area (Å²) in [7, 11) is 1.81. The van der Waals surface area contributed by atoms with Crippen LogP contribution in [0.4, 0.5) is 5.82 Å². The molecule has 6 heteroatoms. The highest BCUT2D eigenvalue weighted by molar-refractivity contribution is 9.10. The minimum atomic E-state index is 0.563. The standard InChI is InChI=1S/C12H10BrCl2N3/c1-6-10(13)12(16-2)18-11(17-6)7-3-8(14)5-9(15)4-7/h3-5H,1-2H3,(H,16,17,18). The van der Waals surface area contributed by atoms with E-state index >= 15 is 0 Å². The maximum Gasteiger partial charge on any atom is 0.161 e. The van der Waals surface area contributed by atoms with Crippen LogP contribution in [0.15, 0.2) is 22.7 Å². The van der Waals surface area contributed by atoms with Crippen LogP contribution < -0.4 is 5.32 Å². The molecule has 0 saturated carbocycles. The number of aromatic nitrogens is 2. The minimum Gasteiger partial charge on any atom is -0.372 e. The number of halogens is 3. The van der Waals surface area contributed by atoms with Gasteiger partial charge in [0.25, 0.3) is 0 Å². The maximum atomic E-state index is 5.98. The summed E-state index contributed by atoms with van der Waals surface area (Å²) in [6, 6.07) is 5.25. The van der Waals surface area contributed by atoms with Gasteiger partial charge in [0.1, 0.15) is 5.82 Å². The summed E-state index contributed by atoms with van der Waals surface area (Å²) in [5.74, 6) is 1.32. The predicted molar refractivity (Wildman–Crippen MR) is 79.5 cm³/mol. The first-order valence-corrected chi connectivity index (χ1v) is 6.74. The zero-order chi connectivity index (χ0) is 13.3. The van der Waals surface area contributed by atoms with E-state index < -0.39 is 0 Å². The largest absolute Gasteiger partial charge is 0.372 e. The molecule has 0 unspecified atom stereocenters. The van der Waals surface area contributed by atoms with Crippen LogP contribution in [0.2, 0.25) is 10.0 Å². The Balaban J connectivity index is 2.60. The first-order chi connectivity index (χ1) is 8.51. The van der Waals surface area contributed by atoms with Gasteiger partial charge in [0, 0.05) is 22.7 Å². The lowest BCUT2D eigenvalue weighted by molar-refractivity contribution is 1.09. The van der Waals surface area contributed by atoms with Crippen LogP contribution in [0.5, 0.6) is 0 Å². The van der Waals surface area contributed by atoms with Crippen molar-refractivity contribution in [3.8, 4) is 11.4 Å². The van der Waals surface area contributed by atoms with Crippen LogP contribution >= 0.6 is 39.1 Å². The van der Waals surface area contributed by atoms with E-state index in [0.29, 0.717) is 15.9 Å². The number of hydrogen-bond donors (Lipinski definition) is 1. The third-order valence-corrected chi connectivity index (χ3v) is 3.76. The SMILES string of the molecule is CNc1nc(-c2cc(Cl)cc(Cl)c2)nc(C)c1Br. The van der Waals surface area contributed by atoms with Crippen LogP contribution in [0.1, 0.15) is 5.69 Å². The second-order valence-electron chi connectivity index (χ2n) is 3.70. The molecule has 1 N–H and O–H groups in total. The number of nitrogens with one attached hydrogen (secondary N) is 1. The van der Waals surface area contributed by atoms with E-state index in [9.17, 15) is 0 Å². The molecule has 18 heavy (non-hydrogen) atoms. The van der Waals surface area contributed by atoms with Crippen molar-refractivity contribution in [3.05, 3.63) is 38.4 Å². The second-order valence-corrected chi connectivity index (χ2v) is 5.37. The van der Waals surface area contributed by atoms with Crippen molar-refractivity contribution < 1.29 is 0 Å². The number of nitrogens with zero attached hydrogens (tertiary/aromatic N) is 2. The first-order valence-electron chi connectivity index (χ1n) is 5.19. The lowest BCUT2D eigenvalue weighted by Gasteiger charge is -2.09. The van der Waals surface area contributed by atoms with Crippen LogP contribution in [0, 0.1) is 6.92 Å². The summed E-state index contributed by atoms with van der Waals surface area (Å²) in [5, 5.41) is 4.14. The van der Waals surface area contributed by atoms with Gasteiger partial charge in [-0.15, -0.1) is 0 Å². The molecule has 0 aliphatic rings. The number of benzene rings is 1. The van der Waals surface area contributed by atoms with Gasteiger partial charge in [-0.2, -0.15) is 0 Å². The molecule has 0 aliphatic carbocycles. The average molecular weight is 347 g/mol. The molecule has 0 saturated heterocycles. The van der Waals surface area contributed by atoms with Crippen LogP contribution in [-0.2, 0) is 0 Å². The van der Waals surface area contributed by atoms with Crippen molar-refractivity contribution in [3.63, 3.8) is 0 Å². The van der Waals surface area contributed by atoms with Gasteiger partial charge in [0.05, 0.1) is 10.2 Å². The van der Waals surface area contributed by atoms with Gasteiger partial charge in [0.2, 0.25) is 0 Å². The topological polar surface area (TPSA) is 37.8 Å². The van der Waals surface area contributed by atoms with Gasteiger partial charge in [-0.05, 0) is 41.1 Å². The molecule has 1 heterocycles. The van der Waals surface area contributed by atoms with E-state index in [2.05, 4.69) is 31.2 Å². The van der Waals surface area contributed by atoms with Crippen molar-refractivity contribution in [1.82, 2.24) is 9.97 Å². The van der Waals surface area contributed by atoms with Crippen molar-refractivity contribution >= 4 is 44.9 Å². The van der Waals surface area contributed by atoms with Gasteiger partial charge in [-0.1, -0.05) is 23.2 Å². The minimum absolute atomic E-state index is 0.563. The highest BCUT2D eigenvalue weighted by Gasteiger charge is 2.10. The van der Waals surface area contributed by atoms with E-state index in [1.54, 1.807) is 25.2 Å². The van der Waals surface area contributed by atoms with Crippen LogP contribution in [0.3, 0.4) is 0 Å². The molecule has 0 bridgehead atoms. The number of anilines is 1. The zero-order valence-electron chi connectivity index (χ0n) is 9.76. The normalized spacial score (nSPS) is 10.5. The van der Waals surface area contributed by atoms with E-state index in [1.165, 1.54) is 0 Å². The Labute approximate surface area is 124 Å². The van der Waals surface area contributed by atoms with Crippen molar-refractivity contribution in [2.75, 3.05) is 12.4 Å². The smallest absolute Gasteiger partial charge is 0.161 e. The second kappa shape index (κ2) is 5.43. The molecule has 0 amide bonds. The highest BCUT2D eigenvalue weighted by Crippen LogP contribution is 2.29. The lowest BCUT2D eigenvalue weighted by Crippen LogP contribution is -2.00. The zero-order valence-corrected chi connectivity index (χ0v) is 12.9. The third-order valence-electron chi connectivity index (χ3n) is 2.37. The monoisotopic (exact) mass is 345 g/mol. The summed E-state index contributed by atoms with van der Waals surface area (Å²) in [6.45, 7) is 1.91. The van der Waals surface area contributed by atoms with Crippen molar-refractivity contribution in [1.29, 1.82) is 0 Å². The molecule has 1 aromatic heterocycles. The molecule has 94 valence electrons. The Morgan fingerprint density at radius 1 is 1.11 bits per heavy atom. The molecule has 2 aromatic rings. The predicted octanol–water partition coefficient (Wildman–Crippen LogP) is 4.56. The van der Waals surface area contributed by atoms with Gasteiger partial charge >= 0.3 is 0 Å². The summed E-state index contributed by atoms with van der Waals surface area (Å²) >= 11 is 15.4. The van der Waals surface area contributed by atoms with Crippen LogP contribution in [-0.4, -0.2) is 17.0 Å². The van der Waals surface area contributed by atoms with E-state index in [4.69, 9.17) is 23.2 Å². The molecule has 1 aromatic carbocycles. The Morgan fingerprint density at radius 3 is 2.28 bits per heavy atom. The number of aryl methyl sites for hydroxylation is 1. The average Bonchev–Trinajstić information content (AvgIpc) is 2.31. The fourth-order valence-corrected chi connectivity index (χ4v) is 2.44. The lowest BCUT2D eigenvalue weighted by atomic mass is 10.2. The van der Waals surface area contributed by atoms with Gasteiger partial charge in [-0.3, -0.25) is 0 Å². The Hall–Kier alpha value is -0.840. The summed E-state index contributed by atoms with van der Waals surface area (Å²) in [5.41, 5.74) is 1.64. The molecule has 2 rings (SSSR count).